The number of hydrogen-bond donors (Lipinski definition) is 1. The predicted octanol–water partition coefficient (Wildman–Crippen LogP) is 2.76. The normalized spacial score (nSPS) is 10.5. The van der Waals surface area contributed by atoms with Crippen molar-refractivity contribution in [1.82, 2.24) is 0 Å². The molecule has 1 rings (SSSR count). The number of rotatable bonds is 9. The van der Waals surface area contributed by atoms with Crippen molar-refractivity contribution < 1.29 is 14.2 Å². The molecule has 2 N–H and O–H groups in total. The maximum Gasteiger partial charge on any atom is 0.175 e. The van der Waals surface area contributed by atoms with Crippen LogP contribution in [0.15, 0.2) is 16.6 Å². The first-order valence-corrected chi connectivity index (χ1v) is 7.38. The molecule has 0 atom stereocenters. The molecule has 0 aliphatic heterocycles. The lowest BCUT2D eigenvalue weighted by atomic mass is 10.1. The summed E-state index contributed by atoms with van der Waals surface area (Å²) in [7, 11) is 0. The van der Waals surface area contributed by atoms with E-state index in [4.69, 9.17) is 19.9 Å². The van der Waals surface area contributed by atoms with Crippen LogP contribution >= 0.6 is 15.9 Å². The van der Waals surface area contributed by atoms with E-state index < -0.39 is 0 Å². The van der Waals surface area contributed by atoms with Crippen LogP contribution in [0.3, 0.4) is 0 Å². The molecular formula is C14H22BrNO3. The third-order valence-corrected chi connectivity index (χ3v) is 3.07. The predicted molar refractivity (Wildman–Crippen MR) is 80.1 cm³/mol. The number of ether oxygens (including phenoxy) is 3. The molecule has 0 aliphatic rings. The standard InChI is InChI=1S/C14H22BrNO3/c1-3-17-7-8-19-14-12(15)9-11(5-6-16)10-13(14)18-4-2/h9-10H,3-8,16H2,1-2H3. The Kier molecular flexibility index (Phi) is 7.86. The summed E-state index contributed by atoms with van der Waals surface area (Å²) in [4.78, 5) is 0. The zero-order chi connectivity index (χ0) is 14.1. The molecule has 19 heavy (non-hydrogen) atoms. The number of nitrogens with two attached hydrogens (primary N) is 1. The molecule has 1 aromatic carbocycles. The minimum Gasteiger partial charge on any atom is -0.490 e. The molecule has 0 amide bonds. The van der Waals surface area contributed by atoms with Crippen molar-refractivity contribution in [3.63, 3.8) is 0 Å². The second-order valence-corrected chi connectivity index (χ2v) is 4.78. The summed E-state index contributed by atoms with van der Waals surface area (Å²) >= 11 is 3.52. The van der Waals surface area contributed by atoms with Gasteiger partial charge in [0.25, 0.3) is 0 Å². The molecule has 0 aromatic heterocycles. The molecule has 4 nitrogen and oxygen atoms in total. The first-order valence-electron chi connectivity index (χ1n) is 6.58. The summed E-state index contributed by atoms with van der Waals surface area (Å²) in [6.45, 7) is 6.89. The van der Waals surface area contributed by atoms with E-state index in [0.29, 0.717) is 33.0 Å². The second kappa shape index (κ2) is 9.18. The summed E-state index contributed by atoms with van der Waals surface area (Å²) in [6.07, 6.45) is 0.817. The van der Waals surface area contributed by atoms with Crippen LogP contribution in [0.1, 0.15) is 19.4 Å². The van der Waals surface area contributed by atoms with Crippen molar-refractivity contribution in [3.8, 4) is 11.5 Å². The topological polar surface area (TPSA) is 53.7 Å². The van der Waals surface area contributed by atoms with Gasteiger partial charge in [0.05, 0.1) is 17.7 Å². The molecule has 0 saturated heterocycles. The molecule has 0 saturated carbocycles. The van der Waals surface area contributed by atoms with E-state index in [9.17, 15) is 0 Å². The van der Waals surface area contributed by atoms with Crippen molar-refractivity contribution in [3.05, 3.63) is 22.2 Å². The van der Waals surface area contributed by atoms with Crippen molar-refractivity contribution in [2.45, 2.75) is 20.3 Å². The van der Waals surface area contributed by atoms with Gasteiger partial charge >= 0.3 is 0 Å². The first kappa shape index (κ1) is 16.3. The zero-order valence-corrected chi connectivity index (χ0v) is 13.2. The van der Waals surface area contributed by atoms with Gasteiger partial charge in [0.1, 0.15) is 6.61 Å². The maximum atomic E-state index is 5.73. The van der Waals surface area contributed by atoms with Gasteiger partial charge in [-0.15, -0.1) is 0 Å². The molecule has 0 aliphatic carbocycles. The van der Waals surface area contributed by atoms with Gasteiger partial charge in [-0.05, 0) is 60.4 Å². The molecule has 0 spiro atoms. The van der Waals surface area contributed by atoms with Crippen molar-refractivity contribution in [2.75, 3.05) is 33.0 Å². The Balaban J connectivity index is 2.81. The third-order valence-electron chi connectivity index (χ3n) is 2.48. The fourth-order valence-corrected chi connectivity index (χ4v) is 2.29. The van der Waals surface area contributed by atoms with Gasteiger partial charge in [0.15, 0.2) is 11.5 Å². The number of benzene rings is 1. The molecule has 5 heteroatoms. The summed E-state index contributed by atoms with van der Waals surface area (Å²) in [5, 5.41) is 0. The molecular weight excluding hydrogens is 310 g/mol. The number of halogens is 1. The lowest BCUT2D eigenvalue weighted by Gasteiger charge is -2.15. The van der Waals surface area contributed by atoms with Crippen LogP contribution in [0.25, 0.3) is 0 Å². The van der Waals surface area contributed by atoms with Crippen molar-refractivity contribution in [2.24, 2.45) is 5.73 Å². The molecule has 108 valence electrons. The molecule has 0 radical (unpaired) electrons. The molecule has 1 aromatic rings. The van der Waals surface area contributed by atoms with Gasteiger partial charge in [-0.2, -0.15) is 0 Å². The maximum absolute atomic E-state index is 5.73. The van der Waals surface area contributed by atoms with Gasteiger partial charge in [-0.3, -0.25) is 0 Å². The third kappa shape index (κ3) is 5.38. The Bertz CT molecular complexity index is 385. The summed E-state index contributed by atoms with van der Waals surface area (Å²) < 4.78 is 17.5. The highest BCUT2D eigenvalue weighted by atomic mass is 79.9. The van der Waals surface area contributed by atoms with Crippen molar-refractivity contribution >= 4 is 15.9 Å². The van der Waals surface area contributed by atoms with Crippen LogP contribution in [0, 0.1) is 0 Å². The van der Waals surface area contributed by atoms with E-state index in [1.165, 1.54) is 0 Å². The average molecular weight is 332 g/mol. The van der Waals surface area contributed by atoms with E-state index in [2.05, 4.69) is 15.9 Å². The smallest absolute Gasteiger partial charge is 0.175 e. The zero-order valence-electron chi connectivity index (χ0n) is 11.6. The summed E-state index contributed by atoms with van der Waals surface area (Å²) in [6, 6.07) is 4.00. The van der Waals surface area contributed by atoms with Crippen LogP contribution < -0.4 is 15.2 Å². The Morgan fingerprint density at radius 3 is 2.53 bits per heavy atom. The number of hydrogen-bond acceptors (Lipinski definition) is 4. The van der Waals surface area contributed by atoms with Gasteiger partial charge in [-0.25, -0.2) is 0 Å². The first-order chi connectivity index (χ1) is 9.22. The Morgan fingerprint density at radius 1 is 1.11 bits per heavy atom. The second-order valence-electron chi connectivity index (χ2n) is 3.92. The molecule has 0 bridgehead atoms. The Labute approximate surface area is 123 Å². The molecule has 0 heterocycles. The lowest BCUT2D eigenvalue weighted by Crippen LogP contribution is -2.09. The fraction of sp³-hybridized carbons (Fsp3) is 0.571. The minimum absolute atomic E-state index is 0.503. The van der Waals surface area contributed by atoms with Crippen LogP contribution in [-0.2, 0) is 11.2 Å². The minimum atomic E-state index is 0.503. The van der Waals surface area contributed by atoms with E-state index in [1.807, 2.05) is 26.0 Å². The van der Waals surface area contributed by atoms with Crippen LogP contribution in [0.5, 0.6) is 11.5 Å². The SMILES string of the molecule is CCOCCOc1c(Br)cc(CCN)cc1OCC. The average Bonchev–Trinajstić information content (AvgIpc) is 2.38. The van der Waals surface area contributed by atoms with Crippen LogP contribution in [-0.4, -0.2) is 33.0 Å². The van der Waals surface area contributed by atoms with Gasteiger partial charge in [0.2, 0.25) is 0 Å². The van der Waals surface area contributed by atoms with Crippen LogP contribution in [0.2, 0.25) is 0 Å². The summed E-state index contributed by atoms with van der Waals surface area (Å²) in [5.41, 5.74) is 6.72. The van der Waals surface area contributed by atoms with E-state index >= 15 is 0 Å². The largest absolute Gasteiger partial charge is 0.490 e. The molecule has 0 unspecified atom stereocenters. The van der Waals surface area contributed by atoms with E-state index in [0.717, 1.165) is 28.0 Å². The monoisotopic (exact) mass is 331 g/mol. The quantitative estimate of drug-likeness (QED) is 0.707. The van der Waals surface area contributed by atoms with Crippen molar-refractivity contribution in [1.29, 1.82) is 0 Å². The summed E-state index contributed by atoms with van der Waals surface area (Å²) in [5.74, 6) is 1.47. The Morgan fingerprint density at radius 2 is 1.89 bits per heavy atom. The van der Waals surface area contributed by atoms with Crippen LogP contribution in [0.4, 0.5) is 0 Å². The van der Waals surface area contributed by atoms with Gasteiger partial charge in [0, 0.05) is 6.61 Å². The fourth-order valence-electron chi connectivity index (χ4n) is 1.68. The highest BCUT2D eigenvalue weighted by Gasteiger charge is 2.12. The lowest BCUT2D eigenvalue weighted by molar-refractivity contribution is 0.108. The van der Waals surface area contributed by atoms with E-state index in [-0.39, 0.29) is 0 Å². The molecule has 0 fully saturated rings. The van der Waals surface area contributed by atoms with E-state index in [1.54, 1.807) is 0 Å². The van der Waals surface area contributed by atoms with Gasteiger partial charge in [-0.1, -0.05) is 0 Å². The Hall–Kier alpha value is -0.780. The highest BCUT2D eigenvalue weighted by molar-refractivity contribution is 9.10. The highest BCUT2D eigenvalue weighted by Crippen LogP contribution is 2.37. The van der Waals surface area contributed by atoms with Gasteiger partial charge < -0.3 is 19.9 Å².